The van der Waals surface area contributed by atoms with Crippen molar-refractivity contribution in [3.8, 4) is 28.2 Å². The van der Waals surface area contributed by atoms with Crippen molar-refractivity contribution < 1.29 is 0 Å². The number of hydrogen-bond donors (Lipinski definition) is 0. The molecule has 0 bridgehead atoms. The fourth-order valence-corrected chi connectivity index (χ4v) is 14.7. The summed E-state index contributed by atoms with van der Waals surface area (Å²) >= 11 is 1.98. The molecule has 14 aromatic rings. The van der Waals surface area contributed by atoms with Crippen LogP contribution >= 0.6 is 11.3 Å². The standard InChI is InChI=1S/C70H53BN4S/c1-69(2,3)42-31-34-46(35-32-42)74-59-37-36-52(50-26-17-25-49-47-23-13-16-30-58(47)73(64(49)50)45-21-11-8-12-22-45)66-63(59)71(68-67(74)55-39-43(70(4,5)6)33-38-62(55)76-68)56-28-18-27-51-54-40-53-48-24-14-15-29-57(48)72(44-19-9-7-10-20-44)60(53)41-61(54)75(66)65(51)56/h7-41H,1-6H3. The van der Waals surface area contributed by atoms with Crippen LogP contribution in [-0.2, 0) is 10.8 Å². The molecule has 0 aliphatic carbocycles. The quantitative estimate of drug-likeness (QED) is 0.161. The number of rotatable bonds is 4. The molecule has 0 saturated carbocycles. The third-order valence-electron chi connectivity index (χ3n) is 16.9. The van der Waals surface area contributed by atoms with Gasteiger partial charge < -0.3 is 18.6 Å². The molecule has 0 radical (unpaired) electrons. The molecule has 6 heterocycles. The first-order chi connectivity index (χ1) is 37.0. The molecule has 2 aliphatic rings. The Bertz CT molecular complexity index is 4770. The lowest BCUT2D eigenvalue weighted by molar-refractivity contribution is 0.590. The average molecular weight is 993 g/mol. The summed E-state index contributed by atoms with van der Waals surface area (Å²) in [5.41, 5.74) is 22.3. The van der Waals surface area contributed by atoms with Crippen molar-refractivity contribution in [1.82, 2.24) is 13.7 Å². The molecule has 362 valence electrons. The van der Waals surface area contributed by atoms with Crippen LogP contribution in [0.2, 0.25) is 0 Å². The second-order valence-electron chi connectivity index (χ2n) is 23.3. The van der Waals surface area contributed by atoms with Gasteiger partial charge in [-0.25, -0.2) is 0 Å². The van der Waals surface area contributed by atoms with Crippen LogP contribution in [0.1, 0.15) is 52.7 Å². The van der Waals surface area contributed by atoms with E-state index in [1.54, 1.807) is 0 Å². The Morgan fingerprint density at radius 3 is 1.66 bits per heavy atom. The number of nitrogens with zero attached hydrogens (tertiary/aromatic N) is 4. The Morgan fingerprint density at radius 1 is 0.368 bits per heavy atom. The second kappa shape index (κ2) is 15.5. The van der Waals surface area contributed by atoms with Gasteiger partial charge in [-0.2, -0.15) is 0 Å². The number of fused-ring (bicyclic) bond motifs is 15. The van der Waals surface area contributed by atoms with Crippen LogP contribution in [0.4, 0.5) is 17.1 Å². The molecule has 4 aromatic heterocycles. The maximum atomic E-state index is 2.70. The zero-order chi connectivity index (χ0) is 50.9. The third-order valence-corrected chi connectivity index (χ3v) is 18.1. The van der Waals surface area contributed by atoms with Crippen LogP contribution in [0.25, 0.3) is 104 Å². The van der Waals surface area contributed by atoms with Gasteiger partial charge in [0.1, 0.15) is 0 Å². The van der Waals surface area contributed by atoms with Gasteiger partial charge in [0.25, 0.3) is 6.71 Å². The zero-order valence-electron chi connectivity index (χ0n) is 43.5. The topological polar surface area (TPSA) is 18.0 Å². The van der Waals surface area contributed by atoms with Gasteiger partial charge in [-0.05, 0) is 112 Å². The molecule has 0 atom stereocenters. The normalized spacial score (nSPS) is 13.3. The monoisotopic (exact) mass is 992 g/mol. The second-order valence-corrected chi connectivity index (χ2v) is 24.4. The largest absolute Gasteiger partial charge is 0.310 e. The maximum Gasteiger partial charge on any atom is 0.264 e. The summed E-state index contributed by atoms with van der Waals surface area (Å²) in [6, 6.07) is 80.6. The molecule has 0 fully saturated rings. The van der Waals surface area contributed by atoms with E-state index in [-0.39, 0.29) is 17.5 Å². The Hall–Kier alpha value is -8.58. The predicted octanol–water partition coefficient (Wildman–Crippen LogP) is 17.1. The molecule has 76 heavy (non-hydrogen) atoms. The molecule has 16 rings (SSSR count). The predicted molar refractivity (Wildman–Crippen MR) is 327 cm³/mol. The molecule has 0 spiro atoms. The Labute approximate surface area is 446 Å². The molecular formula is C70H53BN4S. The highest BCUT2D eigenvalue weighted by atomic mass is 32.1. The first kappa shape index (κ1) is 43.8. The molecular weight excluding hydrogens is 940 g/mol. The summed E-state index contributed by atoms with van der Waals surface area (Å²) < 4.78 is 10.4. The summed E-state index contributed by atoms with van der Waals surface area (Å²) in [5, 5.41) is 8.87. The van der Waals surface area contributed by atoms with Crippen molar-refractivity contribution in [3.63, 3.8) is 0 Å². The fourth-order valence-electron chi connectivity index (χ4n) is 13.4. The minimum absolute atomic E-state index is 0.0135. The molecule has 10 aromatic carbocycles. The van der Waals surface area contributed by atoms with Crippen molar-refractivity contribution in [2.45, 2.75) is 52.4 Å². The first-order valence-electron chi connectivity index (χ1n) is 26.8. The van der Waals surface area contributed by atoms with E-state index >= 15 is 0 Å². The Balaban J connectivity index is 1.10. The van der Waals surface area contributed by atoms with Gasteiger partial charge in [-0.15, -0.1) is 11.3 Å². The molecule has 0 unspecified atom stereocenters. The number of anilines is 3. The van der Waals surface area contributed by atoms with Gasteiger partial charge in [0, 0.05) is 86.6 Å². The van der Waals surface area contributed by atoms with Gasteiger partial charge in [-0.3, -0.25) is 0 Å². The molecule has 0 saturated heterocycles. The lowest BCUT2D eigenvalue weighted by atomic mass is 9.36. The molecule has 0 amide bonds. The molecule has 4 nitrogen and oxygen atoms in total. The smallest absolute Gasteiger partial charge is 0.264 e. The number of aromatic nitrogens is 3. The third kappa shape index (κ3) is 5.96. The summed E-state index contributed by atoms with van der Waals surface area (Å²) in [7, 11) is 0. The minimum atomic E-state index is -0.0337. The van der Waals surface area contributed by atoms with Crippen molar-refractivity contribution in [1.29, 1.82) is 0 Å². The highest BCUT2D eigenvalue weighted by Gasteiger charge is 2.45. The lowest BCUT2D eigenvalue weighted by Gasteiger charge is -2.40. The summed E-state index contributed by atoms with van der Waals surface area (Å²) in [6.45, 7) is 13.9. The summed E-state index contributed by atoms with van der Waals surface area (Å²) in [5.74, 6) is 0. The Kier molecular flexibility index (Phi) is 8.93. The highest BCUT2D eigenvalue weighted by molar-refractivity contribution is 7.33. The van der Waals surface area contributed by atoms with Crippen LogP contribution in [0, 0.1) is 0 Å². The van der Waals surface area contributed by atoms with E-state index in [9.17, 15) is 0 Å². The van der Waals surface area contributed by atoms with Gasteiger partial charge >= 0.3 is 0 Å². The van der Waals surface area contributed by atoms with Gasteiger partial charge in [0.15, 0.2) is 0 Å². The summed E-state index contributed by atoms with van der Waals surface area (Å²) in [4.78, 5) is 2.63. The number of thiophene rings is 1. The Morgan fingerprint density at radius 2 is 0.947 bits per heavy atom. The minimum Gasteiger partial charge on any atom is -0.310 e. The van der Waals surface area contributed by atoms with Crippen molar-refractivity contribution >= 4 is 126 Å². The van der Waals surface area contributed by atoms with E-state index in [0.717, 1.165) is 11.4 Å². The van der Waals surface area contributed by atoms with E-state index in [1.165, 1.54) is 136 Å². The highest BCUT2D eigenvalue weighted by Crippen LogP contribution is 2.51. The fraction of sp³-hybridized carbons (Fsp3) is 0.114. The van der Waals surface area contributed by atoms with Crippen LogP contribution < -0.4 is 20.6 Å². The van der Waals surface area contributed by atoms with E-state index in [4.69, 9.17) is 0 Å². The number of para-hydroxylation sites is 6. The molecule has 0 N–H and O–H groups in total. The van der Waals surface area contributed by atoms with Crippen molar-refractivity contribution in [3.05, 3.63) is 223 Å². The molecule has 2 aliphatic heterocycles. The van der Waals surface area contributed by atoms with Crippen LogP contribution in [0.5, 0.6) is 0 Å². The number of hydrogen-bond acceptors (Lipinski definition) is 2. The lowest BCUT2D eigenvalue weighted by Crippen LogP contribution is -2.59. The van der Waals surface area contributed by atoms with Crippen molar-refractivity contribution in [2.75, 3.05) is 4.90 Å². The summed E-state index contributed by atoms with van der Waals surface area (Å²) in [6.07, 6.45) is 0. The van der Waals surface area contributed by atoms with Crippen LogP contribution in [-0.4, -0.2) is 20.4 Å². The number of benzene rings is 10. The van der Waals surface area contributed by atoms with E-state index in [1.807, 2.05) is 11.3 Å². The SMILES string of the molecule is CC(C)(C)c1ccc(N2c3ccc(-c4cccc5c6ccccc6n(-c6ccccc6)c45)c4c3B(c3sc5ccc(C(C)(C)C)cc5c32)c2cccc3c5cc6c7ccccc7n(-c7ccccc7)c6cc5n-4c23)cc1. The zero-order valence-corrected chi connectivity index (χ0v) is 44.3. The van der Waals surface area contributed by atoms with E-state index in [0.29, 0.717) is 0 Å². The van der Waals surface area contributed by atoms with E-state index in [2.05, 4.69) is 272 Å². The van der Waals surface area contributed by atoms with Gasteiger partial charge in [0.2, 0.25) is 0 Å². The van der Waals surface area contributed by atoms with Gasteiger partial charge in [0.05, 0.1) is 39.0 Å². The van der Waals surface area contributed by atoms with Crippen LogP contribution in [0.15, 0.2) is 212 Å². The first-order valence-corrected chi connectivity index (χ1v) is 27.6. The van der Waals surface area contributed by atoms with Gasteiger partial charge in [-0.1, -0.05) is 175 Å². The maximum absolute atomic E-state index is 2.70. The van der Waals surface area contributed by atoms with E-state index < -0.39 is 0 Å². The van der Waals surface area contributed by atoms with Crippen LogP contribution in [0.3, 0.4) is 0 Å². The average Bonchev–Trinajstić information content (AvgIpc) is 4.33. The molecule has 6 heteroatoms. The van der Waals surface area contributed by atoms with Crippen molar-refractivity contribution in [2.24, 2.45) is 0 Å².